The maximum absolute atomic E-state index is 13.4. The summed E-state index contributed by atoms with van der Waals surface area (Å²) in [7, 11) is 0. The Morgan fingerprint density at radius 3 is 2.17 bits per heavy atom. The molecular formula is C22H21N3O5. The van der Waals surface area contributed by atoms with Crippen molar-refractivity contribution in [2.75, 3.05) is 24.6 Å². The summed E-state index contributed by atoms with van der Waals surface area (Å²) in [4.78, 5) is 40.3. The Morgan fingerprint density at radius 2 is 1.60 bits per heavy atom. The summed E-state index contributed by atoms with van der Waals surface area (Å²) in [6, 6.07) is 12.6. The predicted octanol–water partition coefficient (Wildman–Crippen LogP) is 3.37. The number of ether oxygens (including phenoxy) is 1. The fraction of sp³-hybridized carbons (Fsp3) is 0.273. The lowest BCUT2D eigenvalue weighted by molar-refractivity contribution is -0.384. The van der Waals surface area contributed by atoms with E-state index in [9.17, 15) is 19.7 Å². The van der Waals surface area contributed by atoms with E-state index in [1.807, 2.05) is 11.8 Å². The molecule has 0 saturated carbocycles. The molecule has 1 fully saturated rings. The average molecular weight is 407 g/mol. The van der Waals surface area contributed by atoms with E-state index in [2.05, 4.69) is 0 Å². The standard InChI is InChI=1S/C22H21N3O5/c1-2-30-18-11-9-16(10-12-18)24-21(26)19(15-5-7-17(8-6-15)25(28)29)20(22(24)27)23-13-3-4-14-23/h5-12H,2-4,13-14H2,1H3. The van der Waals surface area contributed by atoms with Gasteiger partial charge in [-0.15, -0.1) is 0 Å². The Kier molecular flexibility index (Phi) is 5.22. The molecule has 30 heavy (non-hydrogen) atoms. The van der Waals surface area contributed by atoms with E-state index >= 15 is 0 Å². The molecule has 4 rings (SSSR count). The second-order valence-corrected chi connectivity index (χ2v) is 7.09. The third-order valence-corrected chi connectivity index (χ3v) is 5.25. The van der Waals surface area contributed by atoms with E-state index in [-0.39, 0.29) is 17.2 Å². The molecule has 0 unspecified atom stereocenters. The number of amides is 2. The lowest BCUT2D eigenvalue weighted by Gasteiger charge is -2.20. The van der Waals surface area contributed by atoms with Crippen LogP contribution in [0, 0.1) is 10.1 Å². The fourth-order valence-corrected chi connectivity index (χ4v) is 3.85. The van der Waals surface area contributed by atoms with Gasteiger partial charge in [-0.1, -0.05) is 0 Å². The zero-order chi connectivity index (χ0) is 21.3. The highest BCUT2D eigenvalue weighted by Gasteiger charge is 2.43. The third-order valence-electron chi connectivity index (χ3n) is 5.25. The number of carbonyl (C=O) groups is 2. The van der Waals surface area contributed by atoms with Crippen LogP contribution in [0.3, 0.4) is 0 Å². The van der Waals surface area contributed by atoms with Crippen LogP contribution < -0.4 is 9.64 Å². The van der Waals surface area contributed by atoms with Crippen LogP contribution in [0.5, 0.6) is 5.75 Å². The van der Waals surface area contributed by atoms with Crippen molar-refractivity contribution >= 4 is 28.8 Å². The van der Waals surface area contributed by atoms with Gasteiger partial charge >= 0.3 is 0 Å². The van der Waals surface area contributed by atoms with Crippen molar-refractivity contribution in [3.8, 4) is 5.75 Å². The first-order chi connectivity index (χ1) is 14.5. The molecule has 0 aliphatic carbocycles. The molecule has 8 heteroatoms. The second-order valence-electron chi connectivity index (χ2n) is 7.09. The second kappa shape index (κ2) is 7.98. The van der Waals surface area contributed by atoms with Gasteiger partial charge in [0, 0.05) is 25.2 Å². The lowest BCUT2D eigenvalue weighted by atomic mass is 10.0. The number of rotatable bonds is 6. The van der Waals surface area contributed by atoms with Crippen molar-refractivity contribution in [1.82, 2.24) is 4.90 Å². The molecule has 2 amide bonds. The normalized spacial score (nSPS) is 16.6. The number of carbonyl (C=O) groups excluding carboxylic acids is 2. The molecule has 0 radical (unpaired) electrons. The molecule has 0 atom stereocenters. The summed E-state index contributed by atoms with van der Waals surface area (Å²) in [5, 5.41) is 11.0. The number of nitrogens with zero attached hydrogens (tertiary/aromatic N) is 3. The molecule has 2 aromatic rings. The minimum atomic E-state index is -0.493. The zero-order valence-electron chi connectivity index (χ0n) is 16.5. The molecule has 1 saturated heterocycles. The molecule has 2 heterocycles. The van der Waals surface area contributed by atoms with Gasteiger partial charge in [0.15, 0.2) is 0 Å². The number of nitro groups is 1. The molecule has 2 aliphatic rings. The van der Waals surface area contributed by atoms with Crippen molar-refractivity contribution in [2.24, 2.45) is 0 Å². The van der Waals surface area contributed by atoms with Gasteiger partial charge in [-0.25, -0.2) is 4.90 Å². The van der Waals surface area contributed by atoms with Crippen LogP contribution in [0.4, 0.5) is 11.4 Å². The molecule has 154 valence electrons. The summed E-state index contributed by atoms with van der Waals surface area (Å²) in [6.45, 7) is 3.79. The Labute approximate surface area is 173 Å². The highest BCUT2D eigenvalue weighted by Crippen LogP contribution is 2.36. The maximum Gasteiger partial charge on any atom is 0.282 e. The van der Waals surface area contributed by atoms with Crippen LogP contribution in [0.1, 0.15) is 25.3 Å². The summed E-state index contributed by atoms with van der Waals surface area (Å²) in [5.41, 5.74) is 1.53. The first kappa shape index (κ1) is 19.6. The summed E-state index contributed by atoms with van der Waals surface area (Å²) in [6.07, 6.45) is 1.89. The fourth-order valence-electron chi connectivity index (χ4n) is 3.85. The summed E-state index contributed by atoms with van der Waals surface area (Å²) < 4.78 is 5.44. The number of hydrogen-bond acceptors (Lipinski definition) is 6. The first-order valence-electron chi connectivity index (χ1n) is 9.87. The molecular weight excluding hydrogens is 386 g/mol. The van der Waals surface area contributed by atoms with Gasteiger partial charge < -0.3 is 9.64 Å². The van der Waals surface area contributed by atoms with Crippen LogP contribution in [0.15, 0.2) is 54.2 Å². The molecule has 2 aliphatic heterocycles. The quantitative estimate of drug-likeness (QED) is 0.414. The van der Waals surface area contributed by atoms with E-state index in [1.165, 1.54) is 29.2 Å². The van der Waals surface area contributed by atoms with E-state index in [0.29, 0.717) is 42.4 Å². The molecule has 0 N–H and O–H groups in total. The van der Waals surface area contributed by atoms with Gasteiger partial charge in [-0.05, 0) is 61.7 Å². The number of hydrogen-bond donors (Lipinski definition) is 0. The van der Waals surface area contributed by atoms with Gasteiger partial charge in [-0.2, -0.15) is 0 Å². The third kappa shape index (κ3) is 3.41. The number of anilines is 1. The van der Waals surface area contributed by atoms with Crippen molar-refractivity contribution < 1.29 is 19.2 Å². The minimum absolute atomic E-state index is 0.0674. The van der Waals surface area contributed by atoms with Crippen molar-refractivity contribution in [3.63, 3.8) is 0 Å². The highest BCUT2D eigenvalue weighted by molar-refractivity contribution is 6.45. The van der Waals surface area contributed by atoms with Gasteiger partial charge in [-0.3, -0.25) is 19.7 Å². The number of benzene rings is 2. The Hall–Kier alpha value is -3.68. The van der Waals surface area contributed by atoms with Crippen molar-refractivity contribution in [1.29, 1.82) is 0 Å². The number of imide groups is 1. The van der Waals surface area contributed by atoms with Gasteiger partial charge in [0.25, 0.3) is 17.5 Å². The molecule has 0 bridgehead atoms. The first-order valence-corrected chi connectivity index (χ1v) is 9.87. The highest BCUT2D eigenvalue weighted by atomic mass is 16.6. The number of non-ortho nitro benzene ring substituents is 1. The van der Waals surface area contributed by atoms with E-state index in [0.717, 1.165) is 12.8 Å². The Bertz CT molecular complexity index is 1020. The number of nitro benzene ring substituents is 1. The van der Waals surface area contributed by atoms with Gasteiger partial charge in [0.05, 0.1) is 22.8 Å². The van der Waals surface area contributed by atoms with Crippen LogP contribution in [0.2, 0.25) is 0 Å². The molecule has 2 aromatic carbocycles. The predicted molar refractivity (Wildman–Crippen MR) is 111 cm³/mol. The van der Waals surface area contributed by atoms with E-state index in [4.69, 9.17) is 4.74 Å². The average Bonchev–Trinajstić information content (AvgIpc) is 3.35. The topological polar surface area (TPSA) is 93.0 Å². The van der Waals surface area contributed by atoms with Crippen LogP contribution in [-0.4, -0.2) is 41.3 Å². The largest absolute Gasteiger partial charge is 0.494 e. The minimum Gasteiger partial charge on any atom is -0.494 e. The Balaban J connectivity index is 1.75. The monoisotopic (exact) mass is 407 g/mol. The molecule has 0 aromatic heterocycles. The number of likely N-dealkylation sites (tertiary alicyclic amines) is 1. The molecule has 8 nitrogen and oxygen atoms in total. The van der Waals surface area contributed by atoms with E-state index < -0.39 is 10.8 Å². The molecule has 0 spiro atoms. The van der Waals surface area contributed by atoms with Gasteiger partial charge in [0.1, 0.15) is 11.4 Å². The lowest BCUT2D eigenvalue weighted by Crippen LogP contribution is -2.34. The summed E-state index contributed by atoms with van der Waals surface area (Å²) >= 11 is 0. The van der Waals surface area contributed by atoms with Crippen LogP contribution in [-0.2, 0) is 9.59 Å². The van der Waals surface area contributed by atoms with Crippen molar-refractivity contribution in [3.05, 3.63) is 69.9 Å². The van der Waals surface area contributed by atoms with Crippen molar-refractivity contribution in [2.45, 2.75) is 19.8 Å². The Morgan fingerprint density at radius 1 is 0.967 bits per heavy atom. The van der Waals surface area contributed by atoms with E-state index in [1.54, 1.807) is 24.3 Å². The van der Waals surface area contributed by atoms with Gasteiger partial charge in [0.2, 0.25) is 0 Å². The zero-order valence-corrected chi connectivity index (χ0v) is 16.5. The van der Waals surface area contributed by atoms with Crippen LogP contribution in [0.25, 0.3) is 5.57 Å². The SMILES string of the molecule is CCOc1ccc(N2C(=O)C(c3ccc([N+](=O)[O-])cc3)=C(N3CCCC3)C2=O)cc1. The summed E-state index contributed by atoms with van der Waals surface area (Å²) in [5.74, 6) is -0.150. The smallest absolute Gasteiger partial charge is 0.282 e. The maximum atomic E-state index is 13.4. The van der Waals surface area contributed by atoms with Crippen LogP contribution >= 0.6 is 0 Å².